The van der Waals surface area contributed by atoms with Crippen LogP contribution >= 0.6 is 34.8 Å². The van der Waals surface area contributed by atoms with Gasteiger partial charge in [-0.25, -0.2) is 14.5 Å². The zero-order valence-electron chi connectivity index (χ0n) is 17.5. The second kappa shape index (κ2) is 9.84. The van der Waals surface area contributed by atoms with E-state index in [0.717, 1.165) is 10.7 Å². The number of aromatic carboxylic acids is 1. The van der Waals surface area contributed by atoms with E-state index < -0.39 is 30.2 Å². The molecule has 186 valence electrons. The molecule has 0 unspecified atom stereocenters. The Balaban J connectivity index is 1.75. The highest BCUT2D eigenvalue weighted by Crippen LogP contribution is 2.28. The van der Waals surface area contributed by atoms with E-state index in [1.54, 1.807) is 6.07 Å². The Morgan fingerprint density at radius 1 is 1.06 bits per heavy atom. The van der Waals surface area contributed by atoms with Crippen molar-refractivity contribution in [3.05, 3.63) is 79.9 Å². The number of alkyl halides is 3. The van der Waals surface area contributed by atoms with E-state index in [2.05, 4.69) is 25.5 Å². The quantitative estimate of drug-likeness (QED) is 0.329. The van der Waals surface area contributed by atoms with Gasteiger partial charge in [-0.15, -0.1) is 10.2 Å². The minimum atomic E-state index is -4.79. The van der Waals surface area contributed by atoms with Crippen LogP contribution in [0.1, 0.15) is 37.9 Å². The van der Waals surface area contributed by atoms with Gasteiger partial charge in [-0.3, -0.25) is 4.79 Å². The number of aromatic nitrogens is 7. The summed E-state index contributed by atoms with van der Waals surface area (Å²) in [6.07, 6.45) is -3.86. The molecule has 0 atom stereocenters. The summed E-state index contributed by atoms with van der Waals surface area (Å²) in [5.41, 5.74) is -0.279. The number of benzene rings is 1. The normalized spacial score (nSPS) is 11.6. The molecule has 1 aromatic carbocycles. The molecule has 0 saturated heterocycles. The maximum absolute atomic E-state index is 13.3. The van der Waals surface area contributed by atoms with E-state index in [1.165, 1.54) is 24.4 Å². The molecule has 0 fully saturated rings. The van der Waals surface area contributed by atoms with Crippen LogP contribution in [0, 0.1) is 0 Å². The number of carbonyl (C=O) groups excluding carboxylic acids is 1. The number of carboxylic acid groups (broad SMARTS) is 1. The Labute approximate surface area is 214 Å². The Morgan fingerprint density at radius 3 is 2.44 bits per heavy atom. The number of hydrogen-bond donors (Lipinski definition) is 1. The second-order valence-corrected chi connectivity index (χ2v) is 8.45. The third-order valence-electron chi connectivity index (χ3n) is 4.72. The van der Waals surface area contributed by atoms with Crippen LogP contribution in [0.5, 0.6) is 0 Å². The summed E-state index contributed by atoms with van der Waals surface area (Å²) in [4.78, 5) is 29.8. The van der Waals surface area contributed by atoms with E-state index in [-0.39, 0.29) is 49.9 Å². The van der Waals surface area contributed by atoms with Crippen molar-refractivity contribution in [1.82, 2.24) is 35.0 Å². The van der Waals surface area contributed by atoms with Crippen LogP contribution in [0.4, 0.5) is 13.2 Å². The number of tetrazole rings is 1. The topological polar surface area (TPSA) is 129 Å². The first kappa shape index (κ1) is 25.5. The van der Waals surface area contributed by atoms with Crippen molar-refractivity contribution < 1.29 is 27.9 Å². The summed E-state index contributed by atoms with van der Waals surface area (Å²) in [7, 11) is 0. The first-order valence-electron chi connectivity index (χ1n) is 9.73. The van der Waals surface area contributed by atoms with E-state index in [0.29, 0.717) is 4.80 Å². The summed E-state index contributed by atoms with van der Waals surface area (Å²) >= 11 is 18.3. The van der Waals surface area contributed by atoms with Crippen LogP contribution in [0.3, 0.4) is 0 Å². The summed E-state index contributed by atoms with van der Waals surface area (Å²) in [6, 6.07) is 6.76. The molecule has 3 heterocycles. The van der Waals surface area contributed by atoms with Gasteiger partial charge in [0.05, 0.1) is 16.3 Å². The lowest BCUT2D eigenvalue weighted by molar-refractivity contribution is -0.145. The van der Waals surface area contributed by atoms with Crippen LogP contribution in [0.2, 0.25) is 15.1 Å². The number of rotatable bonds is 7. The molecule has 0 aliphatic carbocycles. The highest BCUT2D eigenvalue weighted by atomic mass is 35.5. The molecule has 36 heavy (non-hydrogen) atoms. The number of Topliss-reactive ketones (excluding diaryl/α,β-unsaturated/α-hetero) is 1. The van der Waals surface area contributed by atoms with Crippen molar-refractivity contribution in [3.8, 4) is 5.82 Å². The Bertz CT molecular complexity index is 1490. The van der Waals surface area contributed by atoms with Gasteiger partial charge in [-0.05, 0) is 41.1 Å². The maximum atomic E-state index is 13.3. The fourth-order valence-electron chi connectivity index (χ4n) is 3.19. The number of halogens is 6. The van der Waals surface area contributed by atoms with Crippen molar-refractivity contribution >= 4 is 46.6 Å². The van der Waals surface area contributed by atoms with Crippen LogP contribution < -0.4 is 0 Å². The second-order valence-electron chi connectivity index (χ2n) is 7.20. The van der Waals surface area contributed by atoms with E-state index in [1.807, 2.05) is 0 Å². The summed E-state index contributed by atoms with van der Waals surface area (Å²) < 4.78 is 39.5. The Morgan fingerprint density at radius 2 is 1.81 bits per heavy atom. The van der Waals surface area contributed by atoms with Crippen LogP contribution in [0.15, 0.2) is 36.5 Å². The highest BCUT2D eigenvalue weighted by molar-refractivity contribution is 6.36. The number of hydrogen-bond acceptors (Lipinski definition) is 7. The number of ketones is 1. The van der Waals surface area contributed by atoms with E-state index >= 15 is 0 Å². The smallest absolute Gasteiger partial charge is 0.455 e. The molecule has 10 nitrogen and oxygen atoms in total. The van der Waals surface area contributed by atoms with Crippen LogP contribution in [-0.4, -0.2) is 51.8 Å². The molecule has 0 spiro atoms. The molecule has 0 bridgehead atoms. The lowest BCUT2D eigenvalue weighted by Crippen LogP contribution is -2.15. The first-order valence-corrected chi connectivity index (χ1v) is 10.9. The average Bonchev–Trinajstić information content (AvgIpc) is 3.43. The number of pyridine rings is 1. The first-order chi connectivity index (χ1) is 16.9. The fraction of sp³-hybridized carbons (Fsp3) is 0.150. The molecule has 0 saturated carbocycles. The predicted molar refractivity (Wildman–Crippen MR) is 120 cm³/mol. The molecular weight excluding hydrogens is 550 g/mol. The average molecular weight is 561 g/mol. The van der Waals surface area contributed by atoms with E-state index in [4.69, 9.17) is 34.8 Å². The van der Waals surface area contributed by atoms with Crippen molar-refractivity contribution in [2.24, 2.45) is 0 Å². The van der Waals surface area contributed by atoms with Gasteiger partial charge < -0.3 is 5.11 Å². The van der Waals surface area contributed by atoms with E-state index in [9.17, 15) is 27.9 Å². The zero-order valence-corrected chi connectivity index (χ0v) is 19.8. The Hall–Kier alpha value is -3.55. The molecule has 4 aromatic rings. The molecule has 16 heteroatoms. The maximum Gasteiger partial charge on any atom is 0.455 e. The van der Waals surface area contributed by atoms with Crippen molar-refractivity contribution in [1.29, 1.82) is 0 Å². The molecule has 4 rings (SSSR count). The van der Waals surface area contributed by atoms with Gasteiger partial charge in [-0.1, -0.05) is 34.8 Å². The molecule has 1 N–H and O–H groups in total. The fourth-order valence-corrected chi connectivity index (χ4v) is 3.96. The summed E-state index contributed by atoms with van der Waals surface area (Å²) in [5, 5.41) is 23.5. The van der Waals surface area contributed by atoms with Crippen LogP contribution in [-0.2, 0) is 19.1 Å². The summed E-state index contributed by atoms with van der Waals surface area (Å²) in [6.45, 7) is -0.372. The molecule has 0 aliphatic rings. The van der Waals surface area contributed by atoms with Gasteiger partial charge in [0, 0.05) is 22.7 Å². The third kappa shape index (κ3) is 5.32. The van der Waals surface area contributed by atoms with Gasteiger partial charge in [0.1, 0.15) is 12.2 Å². The predicted octanol–water partition coefficient (Wildman–Crippen LogP) is 4.40. The highest BCUT2D eigenvalue weighted by Gasteiger charge is 2.37. The number of carbonyl (C=O) groups is 2. The molecule has 0 amide bonds. The van der Waals surface area contributed by atoms with Crippen molar-refractivity contribution in [3.63, 3.8) is 0 Å². The van der Waals surface area contributed by atoms with Crippen molar-refractivity contribution in [2.45, 2.75) is 19.1 Å². The standard InChI is InChI=1S/C20H11Cl3F3N7O3/c21-9-4-12(18(35)36)11(14(23)5-9)7-16(34)15-6-10(8-32-30-19(28-31-32)20(24,25)26)29-33(15)17-13(22)2-1-3-27-17/h1-6H,7-8H2,(H,35,36). The Kier molecular flexibility index (Phi) is 6.98. The van der Waals surface area contributed by atoms with Gasteiger partial charge in [0.25, 0.3) is 5.82 Å². The van der Waals surface area contributed by atoms with Gasteiger partial charge in [0.15, 0.2) is 11.6 Å². The van der Waals surface area contributed by atoms with Gasteiger partial charge in [0.2, 0.25) is 0 Å². The van der Waals surface area contributed by atoms with Crippen molar-refractivity contribution in [2.75, 3.05) is 0 Å². The molecule has 0 aliphatic heterocycles. The van der Waals surface area contributed by atoms with Gasteiger partial charge in [-0.2, -0.15) is 23.1 Å². The number of nitrogens with zero attached hydrogens (tertiary/aromatic N) is 7. The lowest BCUT2D eigenvalue weighted by Gasteiger charge is -2.10. The van der Waals surface area contributed by atoms with Gasteiger partial charge >= 0.3 is 12.1 Å². The minimum Gasteiger partial charge on any atom is -0.478 e. The molecular formula is C20H11Cl3F3N7O3. The lowest BCUT2D eigenvalue weighted by atomic mass is 10.0. The molecule has 0 radical (unpaired) electrons. The van der Waals surface area contributed by atoms with Crippen LogP contribution in [0.25, 0.3) is 5.82 Å². The minimum absolute atomic E-state index is 0.00717. The molecule has 3 aromatic heterocycles. The number of carboxylic acids is 1. The zero-order chi connectivity index (χ0) is 26.2. The largest absolute Gasteiger partial charge is 0.478 e. The summed E-state index contributed by atoms with van der Waals surface area (Å²) in [5.74, 6) is -3.37. The monoisotopic (exact) mass is 559 g/mol. The third-order valence-corrected chi connectivity index (χ3v) is 5.57. The SMILES string of the molecule is O=C(O)c1cc(Cl)cc(Cl)c1CC(=O)c1cc(Cn2nnc(C(F)(F)F)n2)nn1-c1ncccc1Cl.